The van der Waals surface area contributed by atoms with E-state index < -0.39 is 11.7 Å². The van der Waals surface area contributed by atoms with Crippen LogP contribution in [-0.4, -0.2) is 76.6 Å². The second-order valence-electron chi connectivity index (χ2n) is 11.1. The first kappa shape index (κ1) is 24.3. The number of likely N-dealkylation sites (tertiary alicyclic amines) is 1. The molecule has 0 radical (unpaired) electrons. The fourth-order valence-corrected chi connectivity index (χ4v) is 6.46. The number of rotatable bonds is 4. The highest BCUT2D eigenvalue weighted by atomic mass is 19.4. The summed E-state index contributed by atoms with van der Waals surface area (Å²) in [7, 11) is 0. The van der Waals surface area contributed by atoms with E-state index in [1.807, 2.05) is 23.6 Å². The average molecular weight is 493 g/mol. The zero-order valence-corrected chi connectivity index (χ0v) is 20.5. The molecule has 1 aromatic rings. The van der Waals surface area contributed by atoms with Crippen molar-refractivity contribution in [3.05, 3.63) is 29.6 Å². The minimum Gasteiger partial charge on any atom is -0.337 e. The maximum absolute atomic E-state index is 13.1. The molecule has 35 heavy (non-hydrogen) atoms. The largest absolute Gasteiger partial charge is 0.419 e. The van der Waals surface area contributed by atoms with Crippen LogP contribution in [0, 0.1) is 5.41 Å². The molecule has 3 heterocycles. The predicted molar refractivity (Wildman–Crippen MR) is 127 cm³/mol. The van der Waals surface area contributed by atoms with Gasteiger partial charge >= 0.3 is 12.2 Å². The summed E-state index contributed by atoms with van der Waals surface area (Å²) < 4.78 is 38.4. The Balaban J connectivity index is 1.08. The molecule has 1 saturated carbocycles. The highest BCUT2D eigenvalue weighted by molar-refractivity contribution is 5.76. The monoisotopic (exact) mass is 492 g/mol. The number of carbonyl (C=O) groups is 1. The number of hydrogen-bond acceptors (Lipinski definition) is 5. The summed E-state index contributed by atoms with van der Waals surface area (Å²) in [6.45, 7) is 8.24. The van der Waals surface area contributed by atoms with Gasteiger partial charge in [0.15, 0.2) is 0 Å². The Hall–Kier alpha value is -2.36. The van der Waals surface area contributed by atoms with Crippen molar-refractivity contribution in [1.82, 2.24) is 25.1 Å². The van der Waals surface area contributed by atoms with Crippen molar-refractivity contribution in [3.8, 4) is 0 Å². The number of aromatic nitrogens is 2. The molecule has 2 aliphatic carbocycles. The van der Waals surface area contributed by atoms with Crippen LogP contribution in [0.15, 0.2) is 24.0 Å². The number of alkyl halides is 3. The molecular formula is C25H35F3N6O. The molecule has 1 spiro atoms. The van der Waals surface area contributed by atoms with Crippen molar-refractivity contribution in [1.29, 1.82) is 0 Å². The summed E-state index contributed by atoms with van der Waals surface area (Å²) in [5.41, 5.74) is 1.11. The van der Waals surface area contributed by atoms with E-state index in [-0.39, 0.29) is 30.1 Å². The molecule has 0 unspecified atom stereocenters. The summed E-state index contributed by atoms with van der Waals surface area (Å²) in [6.07, 6.45) is 6.79. The van der Waals surface area contributed by atoms with Crippen molar-refractivity contribution in [2.24, 2.45) is 5.41 Å². The molecule has 1 N–H and O–H groups in total. The Morgan fingerprint density at radius 3 is 2.34 bits per heavy atom. The predicted octanol–water partition coefficient (Wildman–Crippen LogP) is 4.07. The number of allylic oxidation sites excluding steroid dienone is 1. The van der Waals surface area contributed by atoms with Gasteiger partial charge in [-0.1, -0.05) is 11.6 Å². The molecule has 2 amide bonds. The van der Waals surface area contributed by atoms with E-state index in [1.54, 1.807) is 5.57 Å². The van der Waals surface area contributed by atoms with Gasteiger partial charge in [0.25, 0.3) is 0 Å². The number of amides is 2. The van der Waals surface area contributed by atoms with Crippen LogP contribution in [0.5, 0.6) is 0 Å². The summed E-state index contributed by atoms with van der Waals surface area (Å²) in [5, 5.41) is 3.23. The number of carbonyl (C=O) groups excluding carboxylic acids is 1. The van der Waals surface area contributed by atoms with Crippen molar-refractivity contribution < 1.29 is 18.0 Å². The van der Waals surface area contributed by atoms with Crippen LogP contribution in [0.25, 0.3) is 0 Å². The molecule has 2 atom stereocenters. The lowest BCUT2D eigenvalue weighted by molar-refractivity contribution is -0.138. The van der Waals surface area contributed by atoms with E-state index in [1.165, 1.54) is 25.7 Å². The number of nitrogens with zero attached hydrogens (tertiary/aromatic N) is 5. The molecule has 7 nitrogen and oxygen atoms in total. The number of nitrogens with one attached hydrogen (secondary N) is 1. The molecule has 0 bridgehead atoms. The second kappa shape index (κ2) is 9.26. The number of hydrogen-bond donors (Lipinski definition) is 1. The Morgan fingerprint density at radius 2 is 1.77 bits per heavy atom. The fourth-order valence-electron chi connectivity index (χ4n) is 6.46. The number of urea groups is 1. The third-order valence-corrected chi connectivity index (χ3v) is 8.02. The van der Waals surface area contributed by atoms with Crippen LogP contribution in [0.3, 0.4) is 0 Å². The van der Waals surface area contributed by atoms with Crippen LogP contribution < -0.4 is 10.2 Å². The van der Waals surface area contributed by atoms with Crippen LogP contribution in [-0.2, 0) is 6.18 Å². The summed E-state index contributed by atoms with van der Waals surface area (Å²) in [4.78, 5) is 27.2. The van der Waals surface area contributed by atoms with Gasteiger partial charge in [0.1, 0.15) is 0 Å². The summed E-state index contributed by atoms with van der Waals surface area (Å²) in [6, 6.07) is -0.0566. The SMILES string of the molecule is C[C@@H]1CN(c2ncc(C(F)(F)F)cn2)C[C@H](C)N1C(=O)NC1CC2(C1)CN(CC1=CCCCC1)C2. The molecule has 4 aliphatic rings. The van der Waals surface area contributed by atoms with Crippen molar-refractivity contribution in [2.75, 3.05) is 37.6 Å². The third-order valence-electron chi connectivity index (χ3n) is 8.02. The molecule has 1 aromatic heterocycles. The minimum atomic E-state index is -4.46. The normalized spacial score (nSPS) is 27.3. The summed E-state index contributed by atoms with van der Waals surface area (Å²) >= 11 is 0. The van der Waals surface area contributed by atoms with Crippen LogP contribution >= 0.6 is 0 Å². The van der Waals surface area contributed by atoms with Crippen molar-refractivity contribution in [3.63, 3.8) is 0 Å². The smallest absolute Gasteiger partial charge is 0.337 e. The topological polar surface area (TPSA) is 64.6 Å². The maximum Gasteiger partial charge on any atom is 0.419 e. The molecule has 3 fully saturated rings. The quantitative estimate of drug-likeness (QED) is 0.642. The first-order valence-corrected chi connectivity index (χ1v) is 12.8. The number of piperazine rings is 1. The highest BCUT2D eigenvalue weighted by Gasteiger charge is 2.53. The van der Waals surface area contributed by atoms with Gasteiger partial charge in [0.2, 0.25) is 5.95 Å². The van der Waals surface area contributed by atoms with Gasteiger partial charge in [-0.05, 0) is 57.8 Å². The molecule has 192 valence electrons. The average Bonchev–Trinajstić information content (AvgIpc) is 2.76. The maximum atomic E-state index is 13.1. The molecule has 0 aromatic carbocycles. The Kier molecular flexibility index (Phi) is 6.44. The zero-order valence-electron chi connectivity index (χ0n) is 20.5. The molecular weight excluding hydrogens is 457 g/mol. The van der Waals surface area contributed by atoms with E-state index >= 15 is 0 Å². The van der Waals surface area contributed by atoms with Gasteiger partial charge in [-0.2, -0.15) is 13.2 Å². The highest BCUT2D eigenvalue weighted by Crippen LogP contribution is 2.48. The van der Waals surface area contributed by atoms with Crippen LogP contribution in [0.2, 0.25) is 0 Å². The molecule has 10 heteroatoms. The molecule has 2 aliphatic heterocycles. The van der Waals surface area contributed by atoms with E-state index in [0.717, 1.165) is 44.9 Å². The van der Waals surface area contributed by atoms with Crippen LogP contribution in [0.4, 0.5) is 23.9 Å². The fraction of sp³-hybridized carbons (Fsp3) is 0.720. The Morgan fingerprint density at radius 1 is 1.11 bits per heavy atom. The lowest BCUT2D eigenvalue weighted by Crippen LogP contribution is -2.68. The van der Waals surface area contributed by atoms with Gasteiger partial charge in [-0.3, -0.25) is 4.90 Å². The van der Waals surface area contributed by atoms with Gasteiger partial charge in [0, 0.05) is 63.2 Å². The molecule has 5 rings (SSSR count). The van der Waals surface area contributed by atoms with Gasteiger partial charge in [-0.15, -0.1) is 0 Å². The standard InChI is InChI=1S/C25H35F3N6O/c1-17-12-33(22-29-10-20(11-30-22)25(26,27)28)13-18(2)34(17)23(35)31-21-8-24(9-21)15-32(16-24)14-19-6-4-3-5-7-19/h6,10-11,17-18,21H,3-5,7-9,12-16H2,1-2H3,(H,31,35)/t17-,18+. The number of anilines is 1. The zero-order chi connectivity index (χ0) is 24.8. The van der Waals surface area contributed by atoms with Gasteiger partial charge < -0.3 is 15.1 Å². The minimum absolute atomic E-state index is 0.0543. The van der Waals surface area contributed by atoms with Crippen molar-refractivity contribution in [2.45, 2.75) is 76.7 Å². The third kappa shape index (κ3) is 5.13. The molecule has 2 saturated heterocycles. The lowest BCUT2D eigenvalue weighted by Gasteiger charge is -2.59. The lowest BCUT2D eigenvalue weighted by atomic mass is 9.60. The second-order valence-corrected chi connectivity index (χ2v) is 11.1. The summed E-state index contributed by atoms with van der Waals surface area (Å²) in [5.74, 6) is 0.260. The van der Waals surface area contributed by atoms with E-state index in [9.17, 15) is 18.0 Å². The van der Waals surface area contributed by atoms with E-state index in [0.29, 0.717) is 18.5 Å². The van der Waals surface area contributed by atoms with Crippen LogP contribution in [0.1, 0.15) is 57.9 Å². The van der Waals surface area contributed by atoms with Crippen molar-refractivity contribution >= 4 is 12.0 Å². The van der Waals surface area contributed by atoms with E-state index in [2.05, 4.69) is 26.3 Å². The number of halogens is 3. The Bertz CT molecular complexity index is 939. The van der Waals surface area contributed by atoms with Gasteiger partial charge in [-0.25, -0.2) is 14.8 Å². The first-order valence-electron chi connectivity index (χ1n) is 12.8. The Labute approximate surface area is 204 Å². The first-order chi connectivity index (χ1) is 16.6. The van der Waals surface area contributed by atoms with E-state index in [4.69, 9.17) is 0 Å². The van der Waals surface area contributed by atoms with Gasteiger partial charge in [0.05, 0.1) is 5.56 Å².